The molecule has 0 unspecified atom stereocenters. The fourth-order valence-corrected chi connectivity index (χ4v) is 2.57. The van der Waals surface area contributed by atoms with Crippen LogP contribution in [0.3, 0.4) is 0 Å². The number of aromatic nitrogens is 1. The zero-order chi connectivity index (χ0) is 17.1. The maximum atomic E-state index is 6.13. The number of benzene rings is 2. The highest BCUT2D eigenvalue weighted by Crippen LogP contribution is 2.37. The van der Waals surface area contributed by atoms with Crippen LogP contribution in [0.1, 0.15) is 5.56 Å². The van der Waals surface area contributed by atoms with Gasteiger partial charge in [0.15, 0.2) is 11.5 Å². The Kier molecular flexibility index (Phi) is 4.42. The Labute approximate surface area is 141 Å². The predicted octanol–water partition coefficient (Wildman–Crippen LogP) is 4.39. The number of rotatable bonds is 5. The van der Waals surface area contributed by atoms with Gasteiger partial charge in [0.05, 0.1) is 19.7 Å². The minimum Gasteiger partial charge on any atom is -0.493 e. The van der Waals surface area contributed by atoms with E-state index >= 15 is 0 Å². The highest BCUT2D eigenvalue weighted by molar-refractivity contribution is 5.88. The Balaban J connectivity index is 2.06. The Bertz CT molecular complexity index is 878. The Morgan fingerprint density at radius 3 is 2.29 bits per heavy atom. The van der Waals surface area contributed by atoms with Crippen molar-refractivity contribution in [3.63, 3.8) is 0 Å². The molecule has 2 aromatic carbocycles. The van der Waals surface area contributed by atoms with Crippen LogP contribution in [0, 0.1) is 6.92 Å². The van der Waals surface area contributed by atoms with Crippen LogP contribution in [0.2, 0.25) is 0 Å². The van der Waals surface area contributed by atoms with Gasteiger partial charge in [-0.3, -0.25) is 4.98 Å². The zero-order valence-electron chi connectivity index (χ0n) is 14.2. The van der Waals surface area contributed by atoms with Crippen LogP contribution in [0.5, 0.6) is 23.0 Å². The van der Waals surface area contributed by atoms with Crippen LogP contribution in [0.15, 0.2) is 42.6 Å². The van der Waals surface area contributed by atoms with E-state index in [1.807, 2.05) is 50.4 Å². The molecule has 24 heavy (non-hydrogen) atoms. The van der Waals surface area contributed by atoms with E-state index in [1.54, 1.807) is 20.4 Å². The molecule has 0 aliphatic heterocycles. The lowest BCUT2D eigenvalue weighted by Crippen LogP contribution is -1.95. The molecule has 3 aromatic rings. The van der Waals surface area contributed by atoms with E-state index in [9.17, 15) is 0 Å². The third-order valence-corrected chi connectivity index (χ3v) is 3.89. The molecule has 5 nitrogen and oxygen atoms in total. The number of nitrogens with one attached hydrogen (secondary N) is 1. The molecule has 5 heteroatoms. The number of methoxy groups -OCH3 is 2. The second kappa shape index (κ2) is 6.66. The number of aryl methyl sites for hydroxylation is 1. The summed E-state index contributed by atoms with van der Waals surface area (Å²) in [6, 6.07) is 11.6. The van der Waals surface area contributed by atoms with E-state index in [-0.39, 0.29) is 0 Å². The van der Waals surface area contributed by atoms with Crippen LogP contribution in [0.4, 0.5) is 5.69 Å². The summed E-state index contributed by atoms with van der Waals surface area (Å²) < 4.78 is 16.9. The average Bonchev–Trinajstić information content (AvgIpc) is 2.62. The van der Waals surface area contributed by atoms with Crippen molar-refractivity contribution in [3.05, 3.63) is 48.2 Å². The molecular weight excluding hydrogens is 304 g/mol. The van der Waals surface area contributed by atoms with Crippen molar-refractivity contribution in [2.24, 2.45) is 0 Å². The quantitative estimate of drug-likeness (QED) is 0.754. The molecule has 0 spiro atoms. The summed E-state index contributed by atoms with van der Waals surface area (Å²) in [4.78, 5) is 4.39. The number of fused-ring (bicyclic) bond motifs is 1. The van der Waals surface area contributed by atoms with Gasteiger partial charge in [0.25, 0.3) is 0 Å². The standard InChI is InChI=1S/C19H20N2O3/c1-12-9-13(20-2)5-6-16(12)24-17-7-8-21-15-11-19(23-4)18(22-3)10-14(15)17/h5-11,20H,1-4H3. The molecule has 0 saturated carbocycles. The Morgan fingerprint density at radius 2 is 1.62 bits per heavy atom. The summed E-state index contributed by atoms with van der Waals surface area (Å²) in [6.45, 7) is 2.02. The first-order chi connectivity index (χ1) is 11.7. The molecule has 0 radical (unpaired) electrons. The maximum Gasteiger partial charge on any atom is 0.162 e. The normalized spacial score (nSPS) is 10.5. The first-order valence-electron chi connectivity index (χ1n) is 7.63. The highest BCUT2D eigenvalue weighted by atomic mass is 16.5. The Morgan fingerprint density at radius 1 is 0.875 bits per heavy atom. The lowest BCUT2D eigenvalue weighted by Gasteiger charge is -2.14. The Hall–Kier alpha value is -2.95. The fraction of sp³-hybridized carbons (Fsp3) is 0.211. The van der Waals surface area contributed by atoms with Crippen molar-refractivity contribution in [3.8, 4) is 23.0 Å². The summed E-state index contributed by atoms with van der Waals surface area (Å²) in [7, 11) is 5.11. The third kappa shape index (κ3) is 2.93. The van der Waals surface area contributed by atoms with Gasteiger partial charge in [0.2, 0.25) is 0 Å². The molecule has 0 amide bonds. The van der Waals surface area contributed by atoms with Gasteiger partial charge in [-0.05, 0) is 42.8 Å². The monoisotopic (exact) mass is 324 g/mol. The second-order valence-corrected chi connectivity index (χ2v) is 5.37. The molecule has 1 aromatic heterocycles. The third-order valence-electron chi connectivity index (χ3n) is 3.89. The molecule has 3 rings (SSSR count). The van der Waals surface area contributed by atoms with Gasteiger partial charge in [-0.15, -0.1) is 0 Å². The van der Waals surface area contributed by atoms with Crippen LogP contribution in [-0.2, 0) is 0 Å². The SMILES string of the molecule is CNc1ccc(Oc2ccnc3cc(OC)c(OC)cc23)c(C)c1. The number of ether oxygens (including phenoxy) is 3. The molecular formula is C19H20N2O3. The molecule has 0 bridgehead atoms. The predicted molar refractivity (Wildman–Crippen MR) is 95.6 cm³/mol. The molecule has 0 saturated heterocycles. The van der Waals surface area contributed by atoms with Gasteiger partial charge < -0.3 is 19.5 Å². The summed E-state index contributed by atoms with van der Waals surface area (Å²) in [5.41, 5.74) is 2.88. The molecule has 0 atom stereocenters. The average molecular weight is 324 g/mol. The van der Waals surface area contributed by atoms with Gasteiger partial charge in [-0.1, -0.05) is 0 Å². The molecule has 0 aliphatic rings. The number of hydrogen-bond acceptors (Lipinski definition) is 5. The molecule has 124 valence electrons. The van der Waals surface area contributed by atoms with E-state index in [1.165, 1.54) is 0 Å². The number of hydrogen-bond donors (Lipinski definition) is 1. The number of pyridine rings is 1. The van der Waals surface area contributed by atoms with Crippen molar-refractivity contribution in [2.45, 2.75) is 6.92 Å². The van der Waals surface area contributed by atoms with E-state index in [0.717, 1.165) is 33.7 Å². The van der Waals surface area contributed by atoms with Crippen LogP contribution >= 0.6 is 0 Å². The highest BCUT2D eigenvalue weighted by Gasteiger charge is 2.12. The molecule has 0 fully saturated rings. The second-order valence-electron chi connectivity index (χ2n) is 5.37. The van der Waals surface area contributed by atoms with Gasteiger partial charge >= 0.3 is 0 Å². The van der Waals surface area contributed by atoms with Gasteiger partial charge in [0.1, 0.15) is 11.5 Å². The van der Waals surface area contributed by atoms with Crippen LogP contribution < -0.4 is 19.5 Å². The van der Waals surface area contributed by atoms with Crippen molar-refractivity contribution in [1.29, 1.82) is 0 Å². The fourth-order valence-electron chi connectivity index (χ4n) is 2.57. The van der Waals surface area contributed by atoms with E-state index < -0.39 is 0 Å². The lowest BCUT2D eigenvalue weighted by atomic mass is 10.1. The smallest absolute Gasteiger partial charge is 0.162 e. The topological polar surface area (TPSA) is 52.6 Å². The van der Waals surface area contributed by atoms with Gasteiger partial charge in [-0.25, -0.2) is 0 Å². The van der Waals surface area contributed by atoms with Crippen molar-refractivity contribution in [2.75, 3.05) is 26.6 Å². The van der Waals surface area contributed by atoms with Gasteiger partial charge in [-0.2, -0.15) is 0 Å². The minimum atomic E-state index is 0.643. The van der Waals surface area contributed by atoms with Crippen molar-refractivity contribution < 1.29 is 14.2 Å². The molecule has 0 aliphatic carbocycles. The van der Waals surface area contributed by atoms with Gasteiger partial charge in [0, 0.05) is 30.4 Å². The van der Waals surface area contributed by atoms with Crippen LogP contribution in [-0.4, -0.2) is 26.3 Å². The molecule has 1 N–H and O–H groups in total. The summed E-state index contributed by atoms with van der Waals surface area (Å²) >= 11 is 0. The van der Waals surface area contributed by atoms with Crippen molar-refractivity contribution >= 4 is 16.6 Å². The largest absolute Gasteiger partial charge is 0.493 e. The summed E-state index contributed by atoms with van der Waals surface area (Å²) in [5, 5.41) is 3.99. The number of nitrogens with zero attached hydrogens (tertiary/aromatic N) is 1. The lowest BCUT2D eigenvalue weighted by molar-refractivity contribution is 0.355. The van der Waals surface area contributed by atoms with E-state index in [4.69, 9.17) is 14.2 Å². The van der Waals surface area contributed by atoms with E-state index in [0.29, 0.717) is 11.5 Å². The van der Waals surface area contributed by atoms with Crippen molar-refractivity contribution in [1.82, 2.24) is 4.98 Å². The minimum absolute atomic E-state index is 0.643. The molecule has 1 heterocycles. The summed E-state index contributed by atoms with van der Waals surface area (Å²) in [6.07, 6.45) is 1.72. The maximum absolute atomic E-state index is 6.13. The summed E-state index contributed by atoms with van der Waals surface area (Å²) in [5.74, 6) is 2.81. The zero-order valence-corrected chi connectivity index (χ0v) is 14.2. The first kappa shape index (κ1) is 15.9. The first-order valence-corrected chi connectivity index (χ1v) is 7.63. The van der Waals surface area contributed by atoms with Crippen LogP contribution in [0.25, 0.3) is 10.9 Å². The van der Waals surface area contributed by atoms with E-state index in [2.05, 4.69) is 10.3 Å². The number of anilines is 1.